The summed E-state index contributed by atoms with van der Waals surface area (Å²) in [5.74, 6) is 0.985. The number of ether oxygens (including phenoxy) is 2. The standard InChI is InChI=1S/C21H22ClN3O3S/c1-11-5-6-13(9-16(11)22)24-20(26)18-12(2)23-21(29)25-19(18)15-10-14(27-3)7-8-17(15)28-4/h5-10,19H,1-4H3,(H,24,26)(H2,23,25,29)/t19-/m0/s1. The zero-order valence-electron chi connectivity index (χ0n) is 16.6. The van der Waals surface area contributed by atoms with E-state index in [1.807, 2.05) is 32.0 Å². The number of methoxy groups -OCH3 is 2. The van der Waals surface area contributed by atoms with Crippen LogP contribution in [0.1, 0.15) is 24.1 Å². The molecule has 2 aromatic carbocycles. The second-order valence-corrected chi connectivity index (χ2v) is 7.41. The van der Waals surface area contributed by atoms with E-state index in [-0.39, 0.29) is 5.91 Å². The van der Waals surface area contributed by atoms with E-state index in [4.69, 9.17) is 33.3 Å². The third-order valence-electron chi connectivity index (χ3n) is 4.69. The number of halogens is 1. The van der Waals surface area contributed by atoms with Crippen LogP contribution in [0.25, 0.3) is 0 Å². The Balaban J connectivity index is 2.02. The molecule has 0 saturated heterocycles. The van der Waals surface area contributed by atoms with E-state index in [2.05, 4.69) is 16.0 Å². The molecule has 3 rings (SSSR count). The van der Waals surface area contributed by atoms with Crippen LogP contribution >= 0.6 is 23.8 Å². The van der Waals surface area contributed by atoms with Crippen LogP contribution in [0.2, 0.25) is 5.02 Å². The lowest BCUT2D eigenvalue weighted by molar-refractivity contribution is -0.113. The highest BCUT2D eigenvalue weighted by molar-refractivity contribution is 7.80. The van der Waals surface area contributed by atoms with Gasteiger partial charge in [-0.1, -0.05) is 17.7 Å². The lowest BCUT2D eigenvalue weighted by atomic mass is 9.94. The molecule has 1 aliphatic heterocycles. The van der Waals surface area contributed by atoms with Crippen LogP contribution in [0.5, 0.6) is 11.5 Å². The van der Waals surface area contributed by atoms with Gasteiger partial charge < -0.3 is 25.4 Å². The summed E-state index contributed by atoms with van der Waals surface area (Å²) in [7, 11) is 3.16. The molecule has 0 radical (unpaired) electrons. The summed E-state index contributed by atoms with van der Waals surface area (Å²) in [5.41, 5.74) is 3.42. The summed E-state index contributed by atoms with van der Waals surface area (Å²) in [6.45, 7) is 3.71. The van der Waals surface area contributed by atoms with Crippen LogP contribution in [0.4, 0.5) is 5.69 Å². The molecule has 0 saturated carbocycles. The Morgan fingerprint density at radius 3 is 2.55 bits per heavy atom. The Hall–Kier alpha value is -2.77. The van der Waals surface area contributed by atoms with Crippen LogP contribution in [-0.2, 0) is 4.79 Å². The number of nitrogens with one attached hydrogen (secondary N) is 3. The summed E-state index contributed by atoms with van der Waals surface area (Å²) in [4.78, 5) is 13.2. The SMILES string of the molecule is COc1ccc(OC)c([C@@H]2NC(=S)NC(C)=C2C(=O)Nc2ccc(C)c(Cl)c2)c1. The molecule has 3 N–H and O–H groups in total. The minimum Gasteiger partial charge on any atom is -0.497 e. The van der Waals surface area contributed by atoms with Crippen molar-refractivity contribution in [1.82, 2.24) is 10.6 Å². The van der Waals surface area contributed by atoms with Crippen LogP contribution in [0.15, 0.2) is 47.7 Å². The van der Waals surface area contributed by atoms with E-state index in [1.165, 1.54) is 0 Å². The van der Waals surface area contributed by atoms with Gasteiger partial charge in [-0.3, -0.25) is 4.79 Å². The first-order valence-electron chi connectivity index (χ1n) is 8.91. The van der Waals surface area contributed by atoms with Crippen molar-refractivity contribution in [1.29, 1.82) is 0 Å². The van der Waals surface area contributed by atoms with E-state index in [1.54, 1.807) is 32.4 Å². The highest BCUT2D eigenvalue weighted by Crippen LogP contribution is 2.36. The number of thiocarbonyl (C=S) groups is 1. The molecular weight excluding hydrogens is 410 g/mol. The first-order chi connectivity index (χ1) is 13.8. The molecule has 6 nitrogen and oxygen atoms in total. The average molecular weight is 432 g/mol. The van der Waals surface area contributed by atoms with Gasteiger partial charge in [0.25, 0.3) is 5.91 Å². The second-order valence-electron chi connectivity index (χ2n) is 6.60. The molecule has 2 aromatic rings. The Morgan fingerprint density at radius 2 is 1.90 bits per heavy atom. The molecule has 0 aromatic heterocycles. The lowest BCUT2D eigenvalue weighted by Gasteiger charge is -2.31. The Labute approximate surface area is 180 Å². The van der Waals surface area contributed by atoms with E-state index in [9.17, 15) is 4.79 Å². The molecular formula is C21H22ClN3O3S. The maximum atomic E-state index is 13.2. The topological polar surface area (TPSA) is 71.6 Å². The summed E-state index contributed by atoms with van der Waals surface area (Å²) in [6.07, 6.45) is 0. The fourth-order valence-corrected chi connectivity index (χ4v) is 3.61. The zero-order chi connectivity index (χ0) is 21.1. The van der Waals surface area contributed by atoms with Crippen molar-refractivity contribution >= 4 is 40.5 Å². The summed E-state index contributed by atoms with van der Waals surface area (Å²) in [6, 6.07) is 10.3. The number of hydrogen-bond acceptors (Lipinski definition) is 4. The first-order valence-corrected chi connectivity index (χ1v) is 9.70. The van der Waals surface area contributed by atoms with Crippen LogP contribution in [0, 0.1) is 6.92 Å². The van der Waals surface area contributed by atoms with Gasteiger partial charge >= 0.3 is 0 Å². The third kappa shape index (κ3) is 4.46. The maximum absolute atomic E-state index is 13.2. The molecule has 1 aliphatic rings. The van der Waals surface area contributed by atoms with Gasteiger partial charge in [0, 0.05) is 22.0 Å². The smallest absolute Gasteiger partial charge is 0.255 e. The highest BCUT2D eigenvalue weighted by Gasteiger charge is 2.32. The predicted molar refractivity (Wildman–Crippen MR) is 119 cm³/mol. The van der Waals surface area contributed by atoms with Gasteiger partial charge in [-0.15, -0.1) is 0 Å². The largest absolute Gasteiger partial charge is 0.497 e. The summed E-state index contributed by atoms with van der Waals surface area (Å²) >= 11 is 11.5. The minimum absolute atomic E-state index is 0.278. The molecule has 0 spiro atoms. The highest BCUT2D eigenvalue weighted by atomic mass is 35.5. The summed E-state index contributed by atoms with van der Waals surface area (Å²) in [5, 5.41) is 10.1. The van der Waals surface area contributed by atoms with E-state index < -0.39 is 6.04 Å². The van der Waals surface area contributed by atoms with Gasteiger partial charge in [-0.05, 0) is 62.0 Å². The number of carbonyl (C=O) groups excluding carboxylic acids is 1. The third-order valence-corrected chi connectivity index (χ3v) is 5.32. The normalized spacial score (nSPS) is 16.0. The van der Waals surface area contributed by atoms with Crippen LogP contribution < -0.4 is 25.4 Å². The molecule has 8 heteroatoms. The Morgan fingerprint density at radius 1 is 1.14 bits per heavy atom. The van der Waals surface area contributed by atoms with Crippen molar-refractivity contribution in [2.75, 3.05) is 19.5 Å². The molecule has 0 bridgehead atoms. The van der Waals surface area contributed by atoms with Crippen molar-refractivity contribution in [2.24, 2.45) is 0 Å². The fraction of sp³-hybridized carbons (Fsp3) is 0.238. The van der Waals surface area contributed by atoms with Crippen LogP contribution in [-0.4, -0.2) is 25.2 Å². The number of hydrogen-bond donors (Lipinski definition) is 3. The monoisotopic (exact) mass is 431 g/mol. The van der Waals surface area contributed by atoms with Crippen molar-refractivity contribution in [3.8, 4) is 11.5 Å². The zero-order valence-corrected chi connectivity index (χ0v) is 18.1. The van der Waals surface area contributed by atoms with Crippen molar-refractivity contribution in [3.05, 3.63) is 63.8 Å². The quantitative estimate of drug-likeness (QED) is 0.619. The van der Waals surface area contributed by atoms with Gasteiger partial charge in [0.15, 0.2) is 5.11 Å². The summed E-state index contributed by atoms with van der Waals surface area (Å²) < 4.78 is 10.9. The van der Waals surface area contributed by atoms with Gasteiger partial charge in [-0.2, -0.15) is 0 Å². The van der Waals surface area contributed by atoms with Gasteiger partial charge in [0.1, 0.15) is 11.5 Å². The fourth-order valence-electron chi connectivity index (χ4n) is 3.16. The predicted octanol–water partition coefficient (Wildman–Crippen LogP) is 4.10. The molecule has 1 amide bonds. The van der Waals surface area contributed by atoms with Crippen molar-refractivity contribution in [2.45, 2.75) is 19.9 Å². The molecule has 1 atom stereocenters. The Kier molecular flexibility index (Phi) is 6.30. The second kappa shape index (κ2) is 8.71. The minimum atomic E-state index is -0.519. The van der Waals surface area contributed by atoms with E-state index >= 15 is 0 Å². The number of amides is 1. The molecule has 0 fully saturated rings. The number of allylic oxidation sites excluding steroid dienone is 1. The number of anilines is 1. The molecule has 152 valence electrons. The number of aryl methyl sites for hydroxylation is 1. The van der Waals surface area contributed by atoms with E-state index in [0.717, 1.165) is 11.1 Å². The average Bonchev–Trinajstić information content (AvgIpc) is 2.69. The molecule has 0 aliphatic carbocycles. The Bertz CT molecular complexity index is 1010. The van der Waals surface area contributed by atoms with E-state index in [0.29, 0.717) is 38.6 Å². The number of benzene rings is 2. The molecule has 29 heavy (non-hydrogen) atoms. The van der Waals surface area contributed by atoms with Gasteiger partial charge in [0.05, 0.1) is 25.8 Å². The van der Waals surface area contributed by atoms with Gasteiger partial charge in [0.2, 0.25) is 0 Å². The first kappa shape index (κ1) is 21.0. The van der Waals surface area contributed by atoms with Crippen molar-refractivity contribution in [3.63, 3.8) is 0 Å². The number of rotatable bonds is 5. The van der Waals surface area contributed by atoms with Gasteiger partial charge in [-0.25, -0.2) is 0 Å². The number of carbonyl (C=O) groups is 1. The molecule has 1 heterocycles. The lowest BCUT2D eigenvalue weighted by Crippen LogP contribution is -2.45. The van der Waals surface area contributed by atoms with Crippen LogP contribution in [0.3, 0.4) is 0 Å². The maximum Gasteiger partial charge on any atom is 0.255 e. The van der Waals surface area contributed by atoms with Crippen molar-refractivity contribution < 1.29 is 14.3 Å². The molecule has 0 unspecified atom stereocenters.